The van der Waals surface area contributed by atoms with Crippen molar-refractivity contribution in [1.29, 1.82) is 0 Å². The molecule has 0 saturated heterocycles. The second-order valence-corrected chi connectivity index (χ2v) is 6.02. The summed E-state index contributed by atoms with van der Waals surface area (Å²) >= 11 is 1.79. The number of hydrogen-bond acceptors (Lipinski definition) is 2. The third kappa shape index (κ3) is 2.18. The van der Waals surface area contributed by atoms with Gasteiger partial charge in [0.15, 0.2) is 0 Å². The van der Waals surface area contributed by atoms with Crippen molar-refractivity contribution in [3.63, 3.8) is 0 Å². The quantitative estimate of drug-likeness (QED) is 0.809. The van der Waals surface area contributed by atoms with Crippen LogP contribution < -0.4 is 0 Å². The minimum Gasteiger partial charge on any atom is -0.393 e. The van der Waals surface area contributed by atoms with E-state index >= 15 is 0 Å². The Kier molecular flexibility index (Phi) is 2.67. The zero-order valence-electron chi connectivity index (χ0n) is 8.86. The fourth-order valence-corrected chi connectivity index (χ4v) is 2.84. The predicted octanol–water partition coefficient (Wildman–Crippen LogP) is 3.09. The van der Waals surface area contributed by atoms with E-state index in [4.69, 9.17) is 0 Å². The first kappa shape index (κ1) is 10.2. The van der Waals surface area contributed by atoms with Crippen molar-refractivity contribution in [2.45, 2.75) is 39.2 Å². The molecule has 0 amide bonds. The van der Waals surface area contributed by atoms with Crippen LogP contribution in [0.5, 0.6) is 0 Å². The maximum Gasteiger partial charge on any atom is 0.0577 e. The van der Waals surface area contributed by atoms with Gasteiger partial charge in [0.2, 0.25) is 0 Å². The minimum absolute atomic E-state index is 0.0906. The zero-order chi connectivity index (χ0) is 10.2. The summed E-state index contributed by atoms with van der Waals surface area (Å²) in [5.41, 5.74) is 0.398. The molecule has 1 N–H and O–H groups in total. The van der Waals surface area contributed by atoms with Crippen molar-refractivity contribution in [2.24, 2.45) is 11.3 Å². The first-order chi connectivity index (χ1) is 6.59. The van der Waals surface area contributed by atoms with Crippen LogP contribution >= 0.6 is 11.3 Å². The van der Waals surface area contributed by atoms with Crippen LogP contribution in [0.15, 0.2) is 17.5 Å². The van der Waals surface area contributed by atoms with Crippen LogP contribution in [0.2, 0.25) is 0 Å². The fourth-order valence-electron chi connectivity index (χ4n) is 2.11. The van der Waals surface area contributed by atoms with E-state index in [0.717, 1.165) is 12.8 Å². The molecule has 1 aromatic rings. The van der Waals surface area contributed by atoms with Gasteiger partial charge in [0, 0.05) is 4.88 Å². The third-order valence-electron chi connectivity index (χ3n) is 3.32. The molecular formula is C12H18OS. The number of aryl methyl sites for hydroxylation is 1. The SMILES string of the molecule is CC1(C)CC1C(O)CCc1cccs1. The molecule has 2 unspecified atom stereocenters. The average molecular weight is 210 g/mol. The summed E-state index contributed by atoms with van der Waals surface area (Å²) in [5.74, 6) is 0.544. The molecule has 1 aromatic heterocycles. The van der Waals surface area contributed by atoms with Gasteiger partial charge < -0.3 is 5.11 Å². The van der Waals surface area contributed by atoms with Crippen LogP contribution in [0.4, 0.5) is 0 Å². The van der Waals surface area contributed by atoms with Crippen molar-refractivity contribution >= 4 is 11.3 Å². The van der Waals surface area contributed by atoms with Crippen LogP contribution in [-0.4, -0.2) is 11.2 Å². The fraction of sp³-hybridized carbons (Fsp3) is 0.667. The Hall–Kier alpha value is -0.340. The summed E-state index contributed by atoms with van der Waals surface area (Å²) in [6.07, 6.45) is 3.06. The van der Waals surface area contributed by atoms with Gasteiger partial charge in [-0.3, -0.25) is 0 Å². The third-order valence-corrected chi connectivity index (χ3v) is 4.26. The number of thiophene rings is 1. The maximum absolute atomic E-state index is 9.93. The molecule has 2 atom stereocenters. The van der Waals surface area contributed by atoms with E-state index in [0.29, 0.717) is 11.3 Å². The Bertz CT molecular complexity index is 289. The lowest BCUT2D eigenvalue weighted by Gasteiger charge is -2.11. The van der Waals surface area contributed by atoms with Gasteiger partial charge in [-0.05, 0) is 42.0 Å². The highest BCUT2D eigenvalue weighted by Gasteiger charge is 2.49. The molecule has 14 heavy (non-hydrogen) atoms. The molecule has 0 bridgehead atoms. The average Bonchev–Trinajstić information content (AvgIpc) is 2.61. The molecule has 1 aliphatic rings. The summed E-state index contributed by atoms with van der Waals surface area (Å²) in [6.45, 7) is 4.48. The summed E-state index contributed by atoms with van der Waals surface area (Å²) in [6, 6.07) is 4.23. The van der Waals surface area contributed by atoms with Gasteiger partial charge in [-0.25, -0.2) is 0 Å². The van der Waals surface area contributed by atoms with E-state index in [9.17, 15) is 5.11 Å². The van der Waals surface area contributed by atoms with E-state index in [1.165, 1.54) is 11.3 Å². The van der Waals surface area contributed by atoms with Gasteiger partial charge in [0.25, 0.3) is 0 Å². The Morgan fingerprint density at radius 1 is 1.64 bits per heavy atom. The topological polar surface area (TPSA) is 20.2 Å². The van der Waals surface area contributed by atoms with Crippen molar-refractivity contribution in [3.8, 4) is 0 Å². The Balaban J connectivity index is 1.77. The minimum atomic E-state index is -0.0906. The van der Waals surface area contributed by atoms with Gasteiger partial charge >= 0.3 is 0 Å². The Morgan fingerprint density at radius 3 is 2.86 bits per heavy atom. The molecule has 1 nitrogen and oxygen atoms in total. The summed E-state index contributed by atoms with van der Waals surface area (Å²) < 4.78 is 0. The van der Waals surface area contributed by atoms with E-state index in [1.54, 1.807) is 11.3 Å². The second kappa shape index (κ2) is 3.67. The lowest BCUT2D eigenvalue weighted by molar-refractivity contribution is 0.128. The standard InChI is InChI=1S/C12H18OS/c1-12(2)8-10(12)11(13)6-5-9-4-3-7-14-9/h3-4,7,10-11,13H,5-6,8H2,1-2H3. The van der Waals surface area contributed by atoms with Crippen LogP contribution in [-0.2, 0) is 6.42 Å². The molecule has 2 rings (SSSR count). The Morgan fingerprint density at radius 2 is 2.36 bits per heavy atom. The molecule has 1 saturated carbocycles. The van der Waals surface area contributed by atoms with Crippen LogP contribution in [0.3, 0.4) is 0 Å². The molecule has 2 heteroatoms. The first-order valence-electron chi connectivity index (χ1n) is 5.30. The van der Waals surface area contributed by atoms with E-state index in [1.807, 2.05) is 0 Å². The number of rotatable bonds is 4. The predicted molar refractivity (Wildman–Crippen MR) is 60.5 cm³/mol. The largest absolute Gasteiger partial charge is 0.393 e. The first-order valence-corrected chi connectivity index (χ1v) is 6.18. The molecule has 1 fully saturated rings. The van der Waals surface area contributed by atoms with Crippen LogP contribution in [0.1, 0.15) is 31.6 Å². The number of hydrogen-bond donors (Lipinski definition) is 1. The number of aliphatic hydroxyl groups is 1. The lowest BCUT2D eigenvalue weighted by Crippen LogP contribution is -2.13. The van der Waals surface area contributed by atoms with Crippen LogP contribution in [0, 0.1) is 11.3 Å². The molecule has 1 heterocycles. The zero-order valence-corrected chi connectivity index (χ0v) is 9.68. The summed E-state index contributed by atoms with van der Waals surface area (Å²) in [4.78, 5) is 1.39. The van der Waals surface area contributed by atoms with Gasteiger partial charge in [-0.15, -0.1) is 11.3 Å². The van der Waals surface area contributed by atoms with Crippen molar-refractivity contribution < 1.29 is 5.11 Å². The highest BCUT2D eigenvalue weighted by molar-refractivity contribution is 7.09. The molecule has 0 radical (unpaired) electrons. The van der Waals surface area contributed by atoms with Crippen LogP contribution in [0.25, 0.3) is 0 Å². The van der Waals surface area contributed by atoms with Crippen molar-refractivity contribution in [1.82, 2.24) is 0 Å². The van der Waals surface area contributed by atoms with E-state index in [2.05, 4.69) is 31.4 Å². The smallest absolute Gasteiger partial charge is 0.0577 e. The van der Waals surface area contributed by atoms with E-state index < -0.39 is 0 Å². The summed E-state index contributed by atoms with van der Waals surface area (Å²) in [7, 11) is 0. The van der Waals surface area contributed by atoms with Gasteiger partial charge in [-0.2, -0.15) is 0 Å². The van der Waals surface area contributed by atoms with Gasteiger partial charge in [-0.1, -0.05) is 19.9 Å². The molecule has 1 aliphatic carbocycles. The highest BCUT2D eigenvalue weighted by Crippen LogP contribution is 2.54. The van der Waals surface area contributed by atoms with Crippen molar-refractivity contribution in [3.05, 3.63) is 22.4 Å². The monoisotopic (exact) mass is 210 g/mol. The highest BCUT2D eigenvalue weighted by atomic mass is 32.1. The molecule has 0 spiro atoms. The normalized spacial score (nSPS) is 26.1. The summed E-state index contributed by atoms with van der Waals surface area (Å²) in [5, 5.41) is 12.0. The lowest BCUT2D eigenvalue weighted by atomic mass is 10.0. The number of aliphatic hydroxyl groups excluding tert-OH is 1. The van der Waals surface area contributed by atoms with Gasteiger partial charge in [0.05, 0.1) is 6.10 Å². The maximum atomic E-state index is 9.93. The molecule has 0 aromatic carbocycles. The molecular weight excluding hydrogens is 192 g/mol. The molecule has 0 aliphatic heterocycles. The molecule has 78 valence electrons. The van der Waals surface area contributed by atoms with Gasteiger partial charge in [0.1, 0.15) is 0 Å². The second-order valence-electron chi connectivity index (χ2n) is 4.98. The van der Waals surface area contributed by atoms with E-state index in [-0.39, 0.29) is 6.10 Å². The van der Waals surface area contributed by atoms with Crippen molar-refractivity contribution in [2.75, 3.05) is 0 Å². The Labute approximate surface area is 89.8 Å².